The molecular weight excluding hydrogens is 424 g/mol. The molecule has 152 valence electrons. The number of hydrogen-bond acceptors (Lipinski definition) is 4. The molecule has 1 heterocycles. The third-order valence-electron chi connectivity index (χ3n) is 5.60. The van der Waals surface area contributed by atoms with E-state index in [1.807, 2.05) is 18.2 Å². The Morgan fingerprint density at radius 1 is 1.25 bits per heavy atom. The van der Waals surface area contributed by atoms with Crippen LogP contribution in [0.4, 0.5) is 0 Å². The van der Waals surface area contributed by atoms with Crippen molar-refractivity contribution < 1.29 is 19.1 Å². The number of rotatable bonds is 6. The Hall–Kier alpha value is -1.89. The molecule has 0 radical (unpaired) electrons. The van der Waals surface area contributed by atoms with E-state index in [1.54, 1.807) is 23.8 Å². The summed E-state index contributed by atoms with van der Waals surface area (Å²) >= 11 is 3.47. The molecule has 2 fully saturated rings. The fourth-order valence-electron chi connectivity index (χ4n) is 3.86. The summed E-state index contributed by atoms with van der Waals surface area (Å²) < 4.78 is 6.07. The standard InChI is InChI=1S/C21H27BrN2O4/c1-3-28-21(27)14-7-9-24(10-8-14)19(25)13-23(2)20(26)18-12-17(18)15-5-4-6-16(22)11-15/h4-6,11,14,17-18H,3,7-10,12-13H2,1-2H3. The molecule has 28 heavy (non-hydrogen) atoms. The van der Waals surface area contributed by atoms with Crippen molar-refractivity contribution >= 4 is 33.7 Å². The van der Waals surface area contributed by atoms with Gasteiger partial charge in [-0.25, -0.2) is 0 Å². The van der Waals surface area contributed by atoms with E-state index in [1.165, 1.54) is 0 Å². The maximum Gasteiger partial charge on any atom is 0.309 e. The Labute approximate surface area is 174 Å². The molecule has 1 aliphatic heterocycles. The number of likely N-dealkylation sites (N-methyl/N-ethyl adjacent to an activating group) is 1. The Morgan fingerprint density at radius 3 is 2.61 bits per heavy atom. The first-order chi connectivity index (χ1) is 13.4. The van der Waals surface area contributed by atoms with Crippen molar-refractivity contribution in [3.63, 3.8) is 0 Å². The van der Waals surface area contributed by atoms with Gasteiger partial charge >= 0.3 is 5.97 Å². The van der Waals surface area contributed by atoms with E-state index < -0.39 is 0 Å². The quantitative estimate of drug-likeness (QED) is 0.624. The Bertz CT molecular complexity index is 746. The number of esters is 1. The van der Waals surface area contributed by atoms with E-state index in [0.29, 0.717) is 32.5 Å². The molecule has 2 unspecified atom stereocenters. The van der Waals surface area contributed by atoms with Gasteiger partial charge in [0.2, 0.25) is 11.8 Å². The van der Waals surface area contributed by atoms with Crippen LogP contribution in [0.2, 0.25) is 0 Å². The lowest BCUT2D eigenvalue weighted by atomic mass is 9.97. The molecule has 0 bridgehead atoms. The normalized spacial score (nSPS) is 21.9. The number of carbonyl (C=O) groups is 3. The molecule has 1 aromatic carbocycles. The van der Waals surface area contributed by atoms with E-state index in [0.717, 1.165) is 16.5 Å². The molecule has 1 saturated heterocycles. The molecule has 2 amide bonds. The largest absolute Gasteiger partial charge is 0.466 e. The first-order valence-corrected chi connectivity index (χ1v) is 10.6. The van der Waals surface area contributed by atoms with Crippen LogP contribution >= 0.6 is 15.9 Å². The van der Waals surface area contributed by atoms with Gasteiger partial charge in [0.05, 0.1) is 19.1 Å². The second-order valence-corrected chi connectivity index (χ2v) is 8.52. The van der Waals surface area contributed by atoms with Crippen LogP contribution in [0.3, 0.4) is 0 Å². The van der Waals surface area contributed by atoms with Crippen molar-refractivity contribution in [3.05, 3.63) is 34.3 Å². The zero-order valence-electron chi connectivity index (χ0n) is 16.4. The number of amides is 2. The average Bonchev–Trinajstić information content (AvgIpc) is 3.48. The van der Waals surface area contributed by atoms with Gasteiger partial charge in [0.25, 0.3) is 0 Å². The summed E-state index contributed by atoms with van der Waals surface area (Å²) in [5.74, 6) is -0.128. The van der Waals surface area contributed by atoms with Crippen LogP contribution in [0.15, 0.2) is 28.7 Å². The van der Waals surface area contributed by atoms with Gasteiger partial charge < -0.3 is 14.5 Å². The highest BCUT2D eigenvalue weighted by molar-refractivity contribution is 9.10. The summed E-state index contributed by atoms with van der Waals surface area (Å²) in [5, 5.41) is 0. The van der Waals surface area contributed by atoms with Gasteiger partial charge in [0.15, 0.2) is 0 Å². The first-order valence-electron chi connectivity index (χ1n) is 9.85. The van der Waals surface area contributed by atoms with Crippen LogP contribution in [0.1, 0.15) is 37.7 Å². The molecule has 6 nitrogen and oxygen atoms in total. The lowest BCUT2D eigenvalue weighted by Crippen LogP contribution is -2.46. The van der Waals surface area contributed by atoms with Gasteiger partial charge in [0.1, 0.15) is 0 Å². The van der Waals surface area contributed by atoms with Gasteiger partial charge in [-0.05, 0) is 49.8 Å². The van der Waals surface area contributed by atoms with Crippen molar-refractivity contribution in [2.24, 2.45) is 11.8 Å². The second-order valence-electron chi connectivity index (χ2n) is 7.61. The fraction of sp³-hybridized carbons (Fsp3) is 0.571. The molecule has 1 saturated carbocycles. The lowest BCUT2D eigenvalue weighted by Gasteiger charge is -2.32. The topological polar surface area (TPSA) is 66.9 Å². The van der Waals surface area contributed by atoms with Crippen LogP contribution in [0, 0.1) is 11.8 Å². The van der Waals surface area contributed by atoms with Crippen molar-refractivity contribution in [2.75, 3.05) is 33.3 Å². The van der Waals surface area contributed by atoms with Crippen LogP contribution in [-0.4, -0.2) is 60.9 Å². The monoisotopic (exact) mass is 450 g/mol. The van der Waals surface area contributed by atoms with Crippen LogP contribution in [0.5, 0.6) is 0 Å². The predicted molar refractivity (Wildman–Crippen MR) is 109 cm³/mol. The van der Waals surface area contributed by atoms with E-state index >= 15 is 0 Å². The molecule has 2 aliphatic rings. The number of hydrogen-bond donors (Lipinski definition) is 0. The zero-order chi connectivity index (χ0) is 20.3. The zero-order valence-corrected chi connectivity index (χ0v) is 18.0. The Kier molecular flexibility index (Phi) is 6.75. The van der Waals surface area contributed by atoms with Crippen molar-refractivity contribution in [2.45, 2.75) is 32.1 Å². The van der Waals surface area contributed by atoms with Crippen molar-refractivity contribution in [1.82, 2.24) is 9.80 Å². The SMILES string of the molecule is CCOC(=O)C1CCN(C(=O)CN(C)C(=O)C2CC2c2cccc(Br)c2)CC1. The lowest BCUT2D eigenvalue weighted by molar-refractivity contribution is -0.151. The third-order valence-corrected chi connectivity index (χ3v) is 6.09. The first kappa shape index (κ1) is 20.8. The highest BCUT2D eigenvalue weighted by Gasteiger charge is 2.45. The summed E-state index contributed by atoms with van der Waals surface area (Å²) in [6.07, 6.45) is 2.07. The summed E-state index contributed by atoms with van der Waals surface area (Å²) in [7, 11) is 1.70. The average molecular weight is 451 g/mol. The Balaban J connectivity index is 1.46. The minimum Gasteiger partial charge on any atom is -0.466 e. The highest BCUT2D eigenvalue weighted by atomic mass is 79.9. The molecule has 0 spiro atoms. The van der Waals surface area contributed by atoms with E-state index in [2.05, 4.69) is 22.0 Å². The number of halogens is 1. The molecule has 0 N–H and O–H groups in total. The molecule has 0 aromatic heterocycles. The van der Waals surface area contributed by atoms with Gasteiger partial charge in [-0.15, -0.1) is 0 Å². The number of carbonyl (C=O) groups excluding carboxylic acids is 3. The van der Waals surface area contributed by atoms with Gasteiger partial charge in [0, 0.05) is 30.5 Å². The summed E-state index contributed by atoms with van der Waals surface area (Å²) in [6, 6.07) is 8.05. The van der Waals surface area contributed by atoms with Crippen LogP contribution < -0.4 is 0 Å². The molecule has 1 aromatic rings. The fourth-order valence-corrected chi connectivity index (χ4v) is 4.28. The van der Waals surface area contributed by atoms with E-state index in [-0.39, 0.29) is 42.1 Å². The van der Waals surface area contributed by atoms with Gasteiger partial charge in [-0.1, -0.05) is 28.1 Å². The van der Waals surface area contributed by atoms with Crippen LogP contribution in [-0.2, 0) is 19.1 Å². The predicted octanol–water partition coefficient (Wildman–Crippen LogP) is 2.81. The van der Waals surface area contributed by atoms with Crippen molar-refractivity contribution in [1.29, 1.82) is 0 Å². The van der Waals surface area contributed by atoms with Crippen LogP contribution in [0.25, 0.3) is 0 Å². The summed E-state index contributed by atoms with van der Waals surface area (Å²) in [5.41, 5.74) is 1.16. The third kappa shape index (κ3) is 4.93. The smallest absolute Gasteiger partial charge is 0.309 e. The maximum absolute atomic E-state index is 12.7. The van der Waals surface area contributed by atoms with E-state index in [9.17, 15) is 14.4 Å². The number of ether oxygens (including phenoxy) is 1. The second kappa shape index (κ2) is 9.07. The molecule has 7 heteroatoms. The minimum atomic E-state index is -0.172. The molecule has 3 rings (SSSR count). The summed E-state index contributed by atoms with van der Waals surface area (Å²) in [4.78, 5) is 40.4. The number of nitrogens with zero attached hydrogens (tertiary/aromatic N) is 2. The number of benzene rings is 1. The van der Waals surface area contributed by atoms with Gasteiger partial charge in [-0.3, -0.25) is 14.4 Å². The maximum atomic E-state index is 12.7. The molecule has 2 atom stereocenters. The van der Waals surface area contributed by atoms with Crippen molar-refractivity contribution in [3.8, 4) is 0 Å². The minimum absolute atomic E-state index is 0.0275. The Morgan fingerprint density at radius 2 is 1.96 bits per heavy atom. The van der Waals surface area contributed by atoms with E-state index in [4.69, 9.17) is 4.74 Å². The number of piperidine rings is 1. The summed E-state index contributed by atoms with van der Waals surface area (Å²) in [6.45, 7) is 3.34. The highest BCUT2D eigenvalue weighted by Crippen LogP contribution is 2.48. The number of likely N-dealkylation sites (tertiary alicyclic amines) is 1. The van der Waals surface area contributed by atoms with Gasteiger partial charge in [-0.2, -0.15) is 0 Å². The molecular formula is C21H27BrN2O4. The molecule has 1 aliphatic carbocycles.